The van der Waals surface area contributed by atoms with Gasteiger partial charge in [0.15, 0.2) is 6.10 Å². The van der Waals surface area contributed by atoms with Crippen LogP contribution in [0.4, 0.5) is 0 Å². The molecule has 5 heteroatoms. The van der Waals surface area contributed by atoms with Crippen molar-refractivity contribution in [2.24, 2.45) is 0 Å². The molecule has 0 aliphatic rings. The first-order chi connectivity index (χ1) is 21.6. The van der Waals surface area contributed by atoms with E-state index in [1.165, 1.54) is 25.7 Å². The van der Waals surface area contributed by atoms with E-state index in [0.717, 1.165) is 70.6 Å². The molecule has 0 heterocycles. The van der Waals surface area contributed by atoms with Crippen LogP contribution in [-0.4, -0.2) is 36.4 Å². The molecule has 1 N–H and O–H groups in total. The number of unbranched alkanes of at least 4 members (excludes halogenated alkanes) is 7. The number of carbonyl (C=O) groups excluding carboxylic acids is 2. The second kappa shape index (κ2) is 34.6. The first-order valence-electron chi connectivity index (χ1n) is 17.1. The van der Waals surface area contributed by atoms with Gasteiger partial charge in [-0.3, -0.25) is 9.59 Å². The van der Waals surface area contributed by atoms with Gasteiger partial charge in [-0.25, -0.2) is 0 Å². The van der Waals surface area contributed by atoms with Gasteiger partial charge in [-0.1, -0.05) is 131 Å². The lowest BCUT2D eigenvalue weighted by Gasteiger charge is -2.15. The molecular formula is C39H62O5. The summed E-state index contributed by atoms with van der Waals surface area (Å²) < 4.78 is 10.5. The van der Waals surface area contributed by atoms with E-state index in [1.807, 2.05) is 12.2 Å². The molecule has 0 aliphatic carbocycles. The number of hydrogen-bond donors (Lipinski definition) is 1. The van der Waals surface area contributed by atoms with Crippen LogP contribution in [0.5, 0.6) is 0 Å². The summed E-state index contributed by atoms with van der Waals surface area (Å²) in [6.07, 6.45) is 46.5. The van der Waals surface area contributed by atoms with Crippen LogP contribution in [-0.2, 0) is 19.1 Å². The first kappa shape index (κ1) is 41.1. The highest BCUT2D eigenvalue weighted by atomic mass is 16.6. The summed E-state index contributed by atoms with van der Waals surface area (Å²) in [5.74, 6) is -0.708. The average molecular weight is 611 g/mol. The number of aliphatic hydroxyl groups excluding tert-OH is 1. The van der Waals surface area contributed by atoms with Crippen LogP contribution in [0.15, 0.2) is 85.1 Å². The highest BCUT2D eigenvalue weighted by Gasteiger charge is 2.15. The molecule has 0 spiro atoms. The Morgan fingerprint density at radius 3 is 1.45 bits per heavy atom. The van der Waals surface area contributed by atoms with Crippen LogP contribution < -0.4 is 0 Å². The van der Waals surface area contributed by atoms with Crippen LogP contribution in [0.25, 0.3) is 0 Å². The summed E-state index contributed by atoms with van der Waals surface area (Å²) in [4.78, 5) is 24.1. The maximum atomic E-state index is 12.1. The first-order valence-corrected chi connectivity index (χ1v) is 17.1. The molecule has 0 radical (unpaired) electrons. The van der Waals surface area contributed by atoms with Crippen LogP contribution >= 0.6 is 0 Å². The van der Waals surface area contributed by atoms with Crippen molar-refractivity contribution >= 4 is 11.9 Å². The summed E-state index contributed by atoms with van der Waals surface area (Å²) in [6, 6.07) is 0. The van der Waals surface area contributed by atoms with Crippen molar-refractivity contribution < 1.29 is 24.2 Å². The fourth-order valence-electron chi connectivity index (χ4n) is 4.17. The Morgan fingerprint density at radius 2 is 0.955 bits per heavy atom. The van der Waals surface area contributed by atoms with E-state index in [-0.39, 0.29) is 25.6 Å². The van der Waals surface area contributed by atoms with Gasteiger partial charge < -0.3 is 14.6 Å². The predicted molar refractivity (Wildman–Crippen MR) is 186 cm³/mol. The zero-order chi connectivity index (χ0) is 32.2. The minimum absolute atomic E-state index is 0.105. The lowest BCUT2D eigenvalue weighted by Crippen LogP contribution is -2.28. The molecule has 0 saturated heterocycles. The lowest BCUT2D eigenvalue weighted by atomic mass is 10.1. The van der Waals surface area contributed by atoms with Crippen LogP contribution in [0.1, 0.15) is 129 Å². The van der Waals surface area contributed by atoms with Crippen molar-refractivity contribution in [2.75, 3.05) is 13.2 Å². The summed E-state index contributed by atoms with van der Waals surface area (Å²) >= 11 is 0. The van der Waals surface area contributed by atoms with Gasteiger partial charge in [-0.05, 0) is 70.6 Å². The number of aliphatic hydroxyl groups is 1. The monoisotopic (exact) mass is 610 g/mol. The van der Waals surface area contributed by atoms with Crippen molar-refractivity contribution in [2.45, 2.75) is 136 Å². The molecule has 0 aliphatic heterocycles. The van der Waals surface area contributed by atoms with Gasteiger partial charge in [0.2, 0.25) is 0 Å². The summed E-state index contributed by atoms with van der Waals surface area (Å²) in [7, 11) is 0. The zero-order valence-electron chi connectivity index (χ0n) is 27.9. The SMILES string of the molecule is CC/C=C\C/C=C\C/C=C\C/C=C\CCC(=O)OC(CO)COC(=O)CCCCCCCCC/C=C\C/C=C\C/C=C\CC. The number of hydrogen-bond acceptors (Lipinski definition) is 5. The van der Waals surface area contributed by atoms with Gasteiger partial charge in [0, 0.05) is 12.8 Å². The van der Waals surface area contributed by atoms with Crippen LogP contribution in [0.2, 0.25) is 0 Å². The molecule has 1 unspecified atom stereocenters. The van der Waals surface area contributed by atoms with Crippen molar-refractivity contribution in [1.29, 1.82) is 0 Å². The van der Waals surface area contributed by atoms with E-state index in [9.17, 15) is 14.7 Å². The molecule has 0 aromatic heterocycles. The number of allylic oxidation sites excluding steroid dienone is 14. The van der Waals surface area contributed by atoms with E-state index in [4.69, 9.17) is 9.47 Å². The Bertz CT molecular complexity index is 875. The van der Waals surface area contributed by atoms with E-state index < -0.39 is 12.1 Å². The molecule has 0 aromatic rings. The Kier molecular flexibility index (Phi) is 32.3. The van der Waals surface area contributed by atoms with Gasteiger partial charge in [-0.2, -0.15) is 0 Å². The Morgan fingerprint density at radius 1 is 0.523 bits per heavy atom. The molecule has 0 bridgehead atoms. The standard InChI is InChI=1S/C39H62O5/c1-3-5-7-9-11-13-15-17-18-19-20-22-23-25-27-29-31-33-38(41)43-36-37(35-40)44-39(42)34-32-30-28-26-24-21-16-14-12-10-8-6-4-2/h5-8,11-14,17-18,21,24,28,30,37,40H,3-4,9-10,15-16,19-20,22-23,25-27,29,31-36H2,1-2H3/b7-5-,8-6-,13-11-,14-12-,18-17-,24-21-,30-28-. The third kappa shape index (κ3) is 32.0. The molecule has 0 rings (SSSR count). The molecule has 1 atom stereocenters. The van der Waals surface area contributed by atoms with Crippen molar-refractivity contribution in [3.05, 3.63) is 85.1 Å². The maximum absolute atomic E-state index is 12.1. The average Bonchev–Trinajstić information content (AvgIpc) is 3.02. The zero-order valence-corrected chi connectivity index (χ0v) is 27.9. The largest absolute Gasteiger partial charge is 0.462 e. The number of carbonyl (C=O) groups is 2. The molecule has 0 amide bonds. The minimum Gasteiger partial charge on any atom is -0.462 e. The fourth-order valence-corrected chi connectivity index (χ4v) is 4.17. The van der Waals surface area contributed by atoms with Gasteiger partial charge in [0.25, 0.3) is 0 Å². The van der Waals surface area contributed by atoms with E-state index >= 15 is 0 Å². The van der Waals surface area contributed by atoms with Gasteiger partial charge in [-0.15, -0.1) is 0 Å². The Hall–Kier alpha value is -2.92. The third-order valence-electron chi connectivity index (χ3n) is 6.70. The maximum Gasteiger partial charge on any atom is 0.306 e. The van der Waals surface area contributed by atoms with Gasteiger partial charge in [0.1, 0.15) is 6.61 Å². The Labute approximate surface area is 269 Å². The van der Waals surface area contributed by atoms with Crippen molar-refractivity contribution in [3.63, 3.8) is 0 Å². The second-order valence-electron chi connectivity index (χ2n) is 10.8. The number of rotatable bonds is 29. The van der Waals surface area contributed by atoms with Crippen molar-refractivity contribution in [3.8, 4) is 0 Å². The molecule has 0 saturated carbocycles. The van der Waals surface area contributed by atoms with Gasteiger partial charge >= 0.3 is 11.9 Å². The highest BCUT2D eigenvalue weighted by molar-refractivity contribution is 5.70. The van der Waals surface area contributed by atoms with Crippen LogP contribution in [0.3, 0.4) is 0 Å². The van der Waals surface area contributed by atoms with E-state index in [0.29, 0.717) is 12.8 Å². The Balaban J connectivity index is 3.72. The normalized spacial score (nSPS) is 13.2. The fraction of sp³-hybridized carbons (Fsp3) is 0.590. The predicted octanol–water partition coefficient (Wildman–Crippen LogP) is 10.4. The van der Waals surface area contributed by atoms with E-state index in [2.05, 4.69) is 86.8 Å². The quantitative estimate of drug-likeness (QED) is 0.0518. The van der Waals surface area contributed by atoms with Crippen LogP contribution in [0, 0.1) is 0 Å². The minimum atomic E-state index is -0.817. The molecule has 248 valence electrons. The van der Waals surface area contributed by atoms with Crippen molar-refractivity contribution in [1.82, 2.24) is 0 Å². The smallest absolute Gasteiger partial charge is 0.306 e. The molecule has 0 fully saturated rings. The molecule has 0 aromatic carbocycles. The topological polar surface area (TPSA) is 72.8 Å². The summed E-state index contributed by atoms with van der Waals surface area (Å²) in [6.45, 7) is 3.81. The molecule has 44 heavy (non-hydrogen) atoms. The lowest BCUT2D eigenvalue weighted by molar-refractivity contribution is -0.161. The highest BCUT2D eigenvalue weighted by Crippen LogP contribution is 2.11. The summed E-state index contributed by atoms with van der Waals surface area (Å²) in [5, 5.41) is 9.50. The van der Waals surface area contributed by atoms with Gasteiger partial charge in [0.05, 0.1) is 6.61 Å². The number of esters is 2. The summed E-state index contributed by atoms with van der Waals surface area (Å²) in [5.41, 5.74) is 0. The second-order valence-corrected chi connectivity index (χ2v) is 10.8. The third-order valence-corrected chi connectivity index (χ3v) is 6.70. The van der Waals surface area contributed by atoms with E-state index in [1.54, 1.807) is 0 Å². The molecular weight excluding hydrogens is 548 g/mol. The number of ether oxygens (including phenoxy) is 2. The molecule has 5 nitrogen and oxygen atoms in total.